The standard InChI is InChI=1S/C12H19N5O/c1-9-8-11(15-12(13-3)14-9)17-6-4-16(5-7-17)10(2)18/h8H,4-7H2,1-3H3,(H,13,14,15). The van der Waals surface area contributed by atoms with Crippen molar-refractivity contribution in [3.63, 3.8) is 0 Å². The van der Waals surface area contributed by atoms with Crippen molar-refractivity contribution in [3.05, 3.63) is 11.8 Å². The highest BCUT2D eigenvalue weighted by molar-refractivity contribution is 5.73. The van der Waals surface area contributed by atoms with Gasteiger partial charge in [0.15, 0.2) is 0 Å². The molecule has 18 heavy (non-hydrogen) atoms. The average Bonchev–Trinajstić information content (AvgIpc) is 2.38. The number of hydrogen-bond donors (Lipinski definition) is 1. The summed E-state index contributed by atoms with van der Waals surface area (Å²) in [7, 11) is 1.81. The van der Waals surface area contributed by atoms with Crippen molar-refractivity contribution in [1.29, 1.82) is 0 Å². The molecule has 1 fully saturated rings. The van der Waals surface area contributed by atoms with Crippen molar-refractivity contribution in [3.8, 4) is 0 Å². The maximum Gasteiger partial charge on any atom is 0.224 e. The maximum absolute atomic E-state index is 11.3. The Morgan fingerprint density at radius 2 is 1.94 bits per heavy atom. The van der Waals surface area contributed by atoms with E-state index in [2.05, 4.69) is 20.2 Å². The SMILES string of the molecule is CNc1nc(C)cc(N2CCN(C(C)=O)CC2)n1. The van der Waals surface area contributed by atoms with E-state index in [1.807, 2.05) is 24.9 Å². The van der Waals surface area contributed by atoms with Crippen LogP contribution in [-0.4, -0.2) is 54.0 Å². The van der Waals surface area contributed by atoms with Crippen LogP contribution in [0.25, 0.3) is 0 Å². The normalized spacial score (nSPS) is 15.7. The van der Waals surface area contributed by atoms with Crippen molar-refractivity contribution in [1.82, 2.24) is 14.9 Å². The summed E-state index contributed by atoms with van der Waals surface area (Å²) in [5.74, 6) is 1.71. The van der Waals surface area contributed by atoms with Crippen molar-refractivity contribution in [2.75, 3.05) is 43.4 Å². The number of aryl methyl sites for hydroxylation is 1. The summed E-state index contributed by atoms with van der Waals surface area (Å²) in [6.07, 6.45) is 0. The molecule has 0 spiro atoms. The van der Waals surface area contributed by atoms with Gasteiger partial charge in [0, 0.05) is 51.9 Å². The minimum Gasteiger partial charge on any atom is -0.357 e. The highest BCUT2D eigenvalue weighted by Gasteiger charge is 2.20. The zero-order chi connectivity index (χ0) is 13.1. The Kier molecular flexibility index (Phi) is 3.64. The van der Waals surface area contributed by atoms with Gasteiger partial charge < -0.3 is 15.1 Å². The predicted molar refractivity (Wildman–Crippen MR) is 70.8 cm³/mol. The molecule has 1 aromatic rings. The minimum absolute atomic E-state index is 0.143. The first-order chi connectivity index (χ1) is 8.60. The van der Waals surface area contributed by atoms with E-state index in [0.29, 0.717) is 5.95 Å². The van der Waals surface area contributed by atoms with Gasteiger partial charge >= 0.3 is 0 Å². The van der Waals surface area contributed by atoms with Crippen LogP contribution in [0.1, 0.15) is 12.6 Å². The fraction of sp³-hybridized carbons (Fsp3) is 0.583. The molecule has 0 saturated carbocycles. The molecule has 0 radical (unpaired) electrons. The molecule has 6 heteroatoms. The molecular weight excluding hydrogens is 230 g/mol. The summed E-state index contributed by atoms with van der Waals surface area (Å²) >= 11 is 0. The van der Waals surface area contributed by atoms with Gasteiger partial charge in [-0.05, 0) is 6.92 Å². The molecule has 1 N–H and O–H groups in total. The lowest BCUT2D eigenvalue weighted by Gasteiger charge is -2.35. The Balaban J connectivity index is 2.09. The first kappa shape index (κ1) is 12.6. The second kappa shape index (κ2) is 5.20. The van der Waals surface area contributed by atoms with Crippen LogP contribution >= 0.6 is 0 Å². The van der Waals surface area contributed by atoms with E-state index in [1.165, 1.54) is 0 Å². The molecular formula is C12H19N5O. The van der Waals surface area contributed by atoms with Crippen LogP contribution in [-0.2, 0) is 4.79 Å². The van der Waals surface area contributed by atoms with E-state index >= 15 is 0 Å². The van der Waals surface area contributed by atoms with E-state index in [1.54, 1.807) is 6.92 Å². The monoisotopic (exact) mass is 249 g/mol. The third-order valence-corrected chi connectivity index (χ3v) is 3.11. The van der Waals surface area contributed by atoms with Gasteiger partial charge in [0.25, 0.3) is 0 Å². The van der Waals surface area contributed by atoms with Crippen LogP contribution in [0.3, 0.4) is 0 Å². The number of piperazine rings is 1. The first-order valence-corrected chi connectivity index (χ1v) is 6.14. The molecule has 1 aliphatic rings. The van der Waals surface area contributed by atoms with Gasteiger partial charge in [0.2, 0.25) is 11.9 Å². The molecule has 6 nitrogen and oxygen atoms in total. The number of anilines is 2. The lowest BCUT2D eigenvalue weighted by molar-refractivity contribution is -0.129. The first-order valence-electron chi connectivity index (χ1n) is 6.14. The summed E-state index contributed by atoms with van der Waals surface area (Å²) in [6.45, 7) is 6.72. The van der Waals surface area contributed by atoms with Gasteiger partial charge in [-0.25, -0.2) is 4.98 Å². The molecule has 0 bridgehead atoms. The van der Waals surface area contributed by atoms with Gasteiger partial charge in [0.1, 0.15) is 5.82 Å². The van der Waals surface area contributed by atoms with Gasteiger partial charge in [-0.3, -0.25) is 4.79 Å². The number of nitrogens with one attached hydrogen (secondary N) is 1. The average molecular weight is 249 g/mol. The number of rotatable bonds is 2. The van der Waals surface area contributed by atoms with Crippen molar-refractivity contribution < 1.29 is 4.79 Å². The molecule has 0 atom stereocenters. The topological polar surface area (TPSA) is 61.4 Å². The van der Waals surface area contributed by atoms with Gasteiger partial charge in [-0.2, -0.15) is 4.98 Å². The van der Waals surface area contributed by atoms with Crippen molar-refractivity contribution in [2.45, 2.75) is 13.8 Å². The van der Waals surface area contributed by atoms with Crippen LogP contribution in [0.4, 0.5) is 11.8 Å². The largest absolute Gasteiger partial charge is 0.357 e. The number of carbonyl (C=O) groups is 1. The molecule has 1 aliphatic heterocycles. The lowest BCUT2D eigenvalue weighted by Crippen LogP contribution is -2.48. The van der Waals surface area contributed by atoms with Crippen LogP contribution in [0.2, 0.25) is 0 Å². The molecule has 1 saturated heterocycles. The Bertz CT molecular complexity index is 440. The summed E-state index contributed by atoms with van der Waals surface area (Å²) in [4.78, 5) is 24.0. The highest BCUT2D eigenvalue weighted by Crippen LogP contribution is 2.16. The van der Waals surface area contributed by atoms with Crippen LogP contribution < -0.4 is 10.2 Å². The molecule has 98 valence electrons. The summed E-state index contributed by atoms with van der Waals surface area (Å²) in [5.41, 5.74) is 0.943. The van der Waals surface area contributed by atoms with E-state index in [4.69, 9.17) is 0 Å². The number of hydrogen-bond acceptors (Lipinski definition) is 5. The minimum atomic E-state index is 0.143. The Labute approximate surface area is 107 Å². The summed E-state index contributed by atoms with van der Waals surface area (Å²) < 4.78 is 0. The third kappa shape index (κ3) is 2.69. The Hall–Kier alpha value is -1.85. The third-order valence-electron chi connectivity index (χ3n) is 3.11. The number of nitrogens with zero attached hydrogens (tertiary/aromatic N) is 4. The summed E-state index contributed by atoms with van der Waals surface area (Å²) in [6, 6.07) is 1.98. The fourth-order valence-electron chi connectivity index (χ4n) is 2.08. The smallest absolute Gasteiger partial charge is 0.224 e. The number of carbonyl (C=O) groups excluding carboxylic acids is 1. The second-order valence-corrected chi connectivity index (χ2v) is 4.43. The van der Waals surface area contributed by atoms with Crippen molar-refractivity contribution in [2.24, 2.45) is 0 Å². The van der Waals surface area contributed by atoms with E-state index < -0.39 is 0 Å². The molecule has 0 unspecified atom stereocenters. The van der Waals surface area contributed by atoms with E-state index in [0.717, 1.165) is 37.7 Å². The molecule has 0 aliphatic carbocycles. The number of amides is 1. The molecule has 1 aromatic heterocycles. The zero-order valence-electron chi connectivity index (χ0n) is 11.1. The van der Waals surface area contributed by atoms with Gasteiger partial charge in [-0.1, -0.05) is 0 Å². The van der Waals surface area contributed by atoms with E-state index in [9.17, 15) is 4.79 Å². The van der Waals surface area contributed by atoms with Crippen LogP contribution in [0, 0.1) is 6.92 Å². The molecule has 1 amide bonds. The van der Waals surface area contributed by atoms with Crippen LogP contribution in [0.5, 0.6) is 0 Å². The number of aromatic nitrogens is 2. The zero-order valence-corrected chi connectivity index (χ0v) is 11.1. The Morgan fingerprint density at radius 3 is 2.50 bits per heavy atom. The maximum atomic E-state index is 11.3. The van der Waals surface area contributed by atoms with Gasteiger partial charge in [-0.15, -0.1) is 0 Å². The van der Waals surface area contributed by atoms with Crippen molar-refractivity contribution >= 4 is 17.7 Å². The predicted octanol–water partition coefficient (Wildman–Crippen LogP) is 0.495. The Morgan fingerprint density at radius 1 is 1.28 bits per heavy atom. The molecule has 0 aromatic carbocycles. The summed E-state index contributed by atoms with van der Waals surface area (Å²) in [5, 5.41) is 2.96. The fourth-order valence-corrected chi connectivity index (χ4v) is 2.08. The van der Waals surface area contributed by atoms with Crippen LogP contribution in [0.15, 0.2) is 6.07 Å². The van der Waals surface area contributed by atoms with E-state index in [-0.39, 0.29) is 5.91 Å². The highest BCUT2D eigenvalue weighted by atomic mass is 16.2. The quantitative estimate of drug-likeness (QED) is 0.827. The second-order valence-electron chi connectivity index (χ2n) is 4.43. The lowest BCUT2D eigenvalue weighted by atomic mass is 10.3. The molecule has 2 rings (SSSR count). The molecule has 2 heterocycles. The van der Waals surface area contributed by atoms with Gasteiger partial charge in [0.05, 0.1) is 0 Å².